The van der Waals surface area contributed by atoms with E-state index < -0.39 is 0 Å². The number of benzene rings is 2. The van der Waals surface area contributed by atoms with Crippen molar-refractivity contribution in [2.75, 3.05) is 19.0 Å². The molecule has 0 aliphatic carbocycles. The molecule has 0 radical (unpaired) electrons. The van der Waals surface area contributed by atoms with Crippen molar-refractivity contribution in [2.24, 2.45) is 0 Å². The van der Waals surface area contributed by atoms with Crippen LogP contribution in [0.5, 0.6) is 5.75 Å². The highest BCUT2D eigenvalue weighted by atomic mass is 16.5. The molecule has 0 bridgehead atoms. The van der Waals surface area contributed by atoms with Crippen molar-refractivity contribution in [1.29, 1.82) is 0 Å². The van der Waals surface area contributed by atoms with Crippen LogP contribution in [-0.4, -0.2) is 30.4 Å². The number of hydrogen-bond donors (Lipinski definition) is 1. The van der Waals surface area contributed by atoms with Crippen LogP contribution in [0.4, 0.5) is 5.69 Å². The van der Waals surface area contributed by atoms with Gasteiger partial charge < -0.3 is 15.0 Å². The molecule has 5 heteroatoms. The minimum Gasteiger partial charge on any atom is -0.497 e. The average Bonchev–Trinajstić information content (AvgIpc) is 2.63. The Balaban J connectivity index is 2.07. The van der Waals surface area contributed by atoms with Gasteiger partial charge in [-0.1, -0.05) is 37.3 Å². The van der Waals surface area contributed by atoms with Crippen LogP contribution in [0.3, 0.4) is 0 Å². The molecule has 0 unspecified atom stereocenters. The second-order valence-corrected chi connectivity index (χ2v) is 6.23. The fourth-order valence-corrected chi connectivity index (χ4v) is 2.78. The fraction of sp³-hybridized carbons (Fsp3) is 0.333. The Hall–Kier alpha value is -2.82. The number of methoxy groups -OCH3 is 1. The van der Waals surface area contributed by atoms with Gasteiger partial charge in [-0.25, -0.2) is 0 Å². The maximum atomic E-state index is 12.5. The second-order valence-electron chi connectivity index (χ2n) is 6.23. The molecule has 2 amide bonds. The van der Waals surface area contributed by atoms with Crippen molar-refractivity contribution < 1.29 is 14.3 Å². The van der Waals surface area contributed by atoms with Gasteiger partial charge in [0.05, 0.1) is 7.11 Å². The van der Waals surface area contributed by atoms with Gasteiger partial charge in [0.25, 0.3) is 0 Å². The van der Waals surface area contributed by atoms with E-state index in [2.05, 4.69) is 12.2 Å². The van der Waals surface area contributed by atoms with E-state index in [1.54, 1.807) is 7.11 Å². The SMILES string of the molecule is CCc1cccc(C)c1NC(=O)CN(Cc1ccc(OC)cc1)C(C)=O. The van der Waals surface area contributed by atoms with E-state index in [-0.39, 0.29) is 18.4 Å². The van der Waals surface area contributed by atoms with Gasteiger partial charge in [-0.2, -0.15) is 0 Å². The Labute approximate surface area is 155 Å². The normalized spacial score (nSPS) is 10.3. The first-order chi connectivity index (χ1) is 12.4. The molecular weight excluding hydrogens is 328 g/mol. The predicted octanol–water partition coefficient (Wildman–Crippen LogP) is 3.55. The summed E-state index contributed by atoms with van der Waals surface area (Å²) in [6, 6.07) is 13.4. The van der Waals surface area contributed by atoms with E-state index in [9.17, 15) is 9.59 Å². The molecule has 0 atom stereocenters. The van der Waals surface area contributed by atoms with Crippen LogP contribution in [0.2, 0.25) is 0 Å². The summed E-state index contributed by atoms with van der Waals surface area (Å²) in [5, 5.41) is 2.97. The van der Waals surface area contributed by atoms with Gasteiger partial charge in [0.15, 0.2) is 0 Å². The van der Waals surface area contributed by atoms with Gasteiger partial charge in [0.2, 0.25) is 11.8 Å². The van der Waals surface area contributed by atoms with Crippen molar-refractivity contribution in [3.8, 4) is 5.75 Å². The smallest absolute Gasteiger partial charge is 0.244 e. The summed E-state index contributed by atoms with van der Waals surface area (Å²) >= 11 is 0. The number of ether oxygens (including phenoxy) is 1. The Morgan fingerprint density at radius 3 is 2.38 bits per heavy atom. The lowest BCUT2D eigenvalue weighted by Gasteiger charge is -2.21. The molecule has 0 aromatic heterocycles. The molecule has 0 aliphatic heterocycles. The second kappa shape index (κ2) is 9.04. The van der Waals surface area contributed by atoms with Crippen LogP contribution in [0.15, 0.2) is 42.5 Å². The van der Waals surface area contributed by atoms with E-state index in [1.807, 2.05) is 49.4 Å². The third-order valence-corrected chi connectivity index (χ3v) is 4.32. The van der Waals surface area contributed by atoms with E-state index in [0.717, 1.165) is 34.5 Å². The summed E-state index contributed by atoms with van der Waals surface area (Å²) in [4.78, 5) is 26.0. The Morgan fingerprint density at radius 2 is 1.81 bits per heavy atom. The maximum absolute atomic E-state index is 12.5. The van der Waals surface area contributed by atoms with E-state index >= 15 is 0 Å². The summed E-state index contributed by atoms with van der Waals surface area (Å²) < 4.78 is 5.14. The van der Waals surface area contributed by atoms with Gasteiger partial charge in [-0.05, 0) is 42.2 Å². The molecule has 0 saturated heterocycles. The summed E-state index contributed by atoms with van der Waals surface area (Å²) in [6.45, 7) is 5.88. The molecule has 5 nitrogen and oxygen atoms in total. The summed E-state index contributed by atoms with van der Waals surface area (Å²) in [7, 11) is 1.61. The number of hydrogen-bond acceptors (Lipinski definition) is 3. The summed E-state index contributed by atoms with van der Waals surface area (Å²) in [5.41, 5.74) is 3.89. The third kappa shape index (κ3) is 5.09. The Kier molecular flexibility index (Phi) is 6.78. The summed E-state index contributed by atoms with van der Waals surface area (Å²) in [6.07, 6.45) is 0.833. The number of nitrogens with one attached hydrogen (secondary N) is 1. The number of nitrogens with zero attached hydrogens (tertiary/aromatic N) is 1. The molecule has 2 aromatic rings. The number of carbonyl (C=O) groups is 2. The molecule has 26 heavy (non-hydrogen) atoms. The third-order valence-electron chi connectivity index (χ3n) is 4.32. The van der Waals surface area contributed by atoms with Crippen LogP contribution >= 0.6 is 0 Å². The minimum atomic E-state index is -0.197. The predicted molar refractivity (Wildman–Crippen MR) is 103 cm³/mol. The van der Waals surface area contributed by atoms with Gasteiger partial charge in [-0.3, -0.25) is 9.59 Å². The van der Waals surface area contributed by atoms with Gasteiger partial charge in [0, 0.05) is 19.2 Å². The molecule has 0 spiro atoms. The largest absolute Gasteiger partial charge is 0.497 e. The highest BCUT2D eigenvalue weighted by Crippen LogP contribution is 2.21. The average molecular weight is 354 g/mol. The molecule has 0 heterocycles. The molecule has 1 N–H and O–H groups in total. The zero-order chi connectivity index (χ0) is 19.1. The van der Waals surface area contributed by atoms with Crippen molar-refractivity contribution >= 4 is 17.5 Å². The molecular formula is C21H26N2O3. The Morgan fingerprint density at radius 1 is 1.12 bits per heavy atom. The highest BCUT2D eigenvalue weighted by molar-refractivity contribution is 5.95. The van der Waals surface area contributed by atoms with Crippen LogP contribution in [0.1, 0.15) is 30.5 Å². The van der Waals surface area contributed by atoms with Crippen molar-refractivity contribution in [2.45, 2.75) is 33.7 Å². The number of para-hydroxylation sites is 1. The summed E-state index contributed by atoms with van der Waals surface area (Å²) in [5.74, 6) is 0.418. The number of anilines is 1. The monoisotopic (exact) mass is 354 g/mol. The maximum Gasteiger partial charge on any atom is 0.244 e. The Bertz CT molecular complexity index is 769. The van der Waals surface area contributed by atoms with Crippen molar-refractivity contribution in [3.05, 3.63) is 59.2 Å². The van der Waals surface area contributed by atoms with E-state index in [4.69, 9.17) is 4.74 Å². The first-order valence-electron chi connectivity index (χ1n) is 8.71. The molecule has 2 aromatic carbocycles. The lowest BCUT2D eigenvalue weighted by molar-refractivity contribution is -0.133. The zero-order valence-electron chi connectivity index (χ0n) is 15.8. The van der Waals surface area contributed by atoms with E-state index in [0.29, 0.717) is 6.54 Å². The van der Waals surface area contributed by atoms with Crippen LogP contribution in [-0.2, 0) is 22.6 Å². The number of aryl methyl sites for hydroxylation is 2. The lowest BCUT2D eigenvalue weighted by atomic mass is 10.1. The number of rotatable bonds is 7. The molecule has 138 valence electrons. The van der Waals surface area contributed by atoms with Crippen LogP contribution in [0, 0.1) is 6.92 Å². The molecule has 0 saturated carbocycles. The van der Waals surface area contributed by atoms with Crippen LogP contribution in [0.25, 0.3) is 0 Å². The number of carbonyl (C=O) groups excluding carboxylic acids is 2. The van der Waals surface area contributed by atoms with Gasteiger partial charge in [-0.15, -0.1) is 0 Å². The quantitative estimate of drug-likeness (QED) is 0.827. The lowest BCUT2D eigenvalue weighted by Crippen LogP contribution is -2.36. The first-order valence-corrected chi connectivity index (χ1v) is 8.71. The molecule has 0 aliphatic rings. The molecule has 2 rings (SSSR count). The van der Waals surface area contributed by atoms with Crippen molar-refractivity contribution in [3.63, 3.8) is 0 Å². The van der Waals surface area contributed by atoms with E-state index in [1.165, 1.54) is 11.8 Å². The minimum absolute atomic E-state index is 0.0127. The van der Waals surface area contributed by atoms with Gasteiger partial charge >= 0.3 is 0 Å². The first kappa shape index (κ1) is 19.5. The highest BCUT2D eigenvalue weighted by Gasteiger charge is 2.16. The topological polar surface area (TPSA) is 58.6 Å². The zero-order valence-corrected chi connectivity index (χ0v) is 15.8. The van der Waals surface area contributed by atoms with Gasteiger partial charge in [0.1, 0.15) is 12.3 Å². The van der Waals surface area contributed by atoms with Crippen molar-refractivity contribution in [1.82, 2.24) is 4.90 Å². The molecule has 0 fully saturated rings. The standard InChI is InChI=1S/C21H26N2O3/c1-5-18-8-6-7-15(2)21(18)22-20(25)14-23(16(3)24)13-17-9-11-19(26-4)12-10-17/h6-12H,5,13-14H2,1-4H3,(H,22,25). The van der Waals surface area contributed by atoms with Crippen LogP contribution < -0.4 is 10.1 Å². The number of amides is 2. The fourth-order valence-electron chi connectivity index (χ4n) is 2.78.